The number of primary amides is 1. The molecular weight excluding hydrogens is 376 g/mol. The number of amides is 1. The normalized spacial score (nSPS) is 25.8. The van der Waals surface area contributed by atoms with E-state index in [-0.39, 0.29) is 17.6 Å². The van der Waals surface area contributed by atoms with Gasteiger partial charge in [0.15, 0.2) is 0 Å². The molecule has 1 aromatic rings. The van der Waals surface area contributed by atoms with Gasteiger partial charge in [-0.3, -0.25) is 4.79 Å². The molecule has 28 heavy (non-hydrogen) atoms. The zero-order valence-corrected chi connectivity index (χ0v) is 18.3. The summed E-state index contributed by atoms with van der Waals surface area (Å²) in [4.78, 5) is 13.9. The standard InChI is InChI=1S/C21H34N2O4S/c1-5-23(12-13-28(4,25)26)15-19-11-6-8-16(2)21(19,27-3)18-10-7-9-17(14-18)20(22)24/h7,9-10,14,16,19H,5-6,8,11-13,15H2,1-4H3,(H2,22,24). The maximum absolute atomic E-state index is 11.7. The summed E-state index contributed by atoms with van der Waals surface area (Å²) in [6, 6.07) is 7.45. The summed E-state index contributed by atoms with van der Waals surface area (Å²) < 4.78 is 29.4. The van der Waals surface area contributed by atoms with Crippen LogP contribution in [0.2, 0.25) is 0 Å². The molecule has 7 heteroatoms. The molecule has 3 unspecified atom stereocenters. The lowest BCUT2D eigenvalue weighted by atomic mass is 9.65. The lowest BCUT2D eigenvalue weighted by Crippen LogP contribution is -2.50. The topological polar surface area (TPSA) is 89.7 Å². The van der Waals surface area contributed by atoms with E-state index in [1.807, 2.05) is 18.2 Å². The van der Waals surface area contributed by atoms with Crippen LogP contribution in [-0.2, 0) is 20.2 Å². The largest absolute Gasteiger partial charge is 0.373 e. The van der Waals surface area contributed by atoms with Gasteiger partial charge in [-0.1, -0.05) is 32.4 Å². The highest BCUT2D eigenvalue weighted by atomic mass is 32.2. The van der Waals surface area contributed by atoms with E-state index < -0.39 is 21.3 Å². The van der Waals surface area contributed by atoms with Gasteiger partial charge in [-0.15, -0.1) is 0 Å². The molecule has 0 aromatic heterocycles. The van der Waals surface area contributed by atoms with Gasteiger partial charge in [-0.25, -0.2) is 8.42 Å². The predicted octanol–water partition coefficient (Wildman–Crippen LogP) is 2.43. The van der Waals surface area contributed by atoms with Gasteiger partial charge < -0.3 is 15.4 Å². The third-order valence-electron chi connectivity index (χ3n) is 6.17. The zero-order valence-electron chi connectivity index (χ0n) is 17.5. The third kappa shape index (κ3) is 5.13. The molecule has 1 amide bonds. The van der Waals surface area contributed by atoms with Crippen LogP contribution in [0.15, 0.2) is 24.3 Å². The minimum Gasteiger partial charge on any atom is -0.373 e. The van der Waals surface area contributed by atoms with Gasteiger partial charge in [-0.2, -0.15) is 0 Å². The zero-order chi connectivity index (χ0) is 20.9. The first-order valence-electron chi connectivity index (χ1n) is 9.99. The van der Waals surface area contributed by atoms with Crippen LogP contribution in [0.25, 0.3) is 0 Å². The predicted molar refractivity (Wildman–Crippen MR) is 112 cm³/mol. The summed E-state index contributed by atoms with van der Waals surface area (Å²) in [7, 11) is -1.27. The van der Waals surface area contributed by atoms with E-state index in [2.05, 4.69) is 18.7 Å². The SMILES string of the molecule is CCN(CCS(C)(=O)=O)CC1CCCC(C)C1(OC)c1cccc(C(N)=O)c1. The molecule has 0 aliphatic heterocycles. The first-order valence-corrected chi connectivity index (χ1v) is 12.1. The van der Waals surface area contributed by atoms with Crippen molar-refractivity contribution in [2.75, 3.05) is 38.8 Å². The molecule has 1 fully saturated rings. The fourth-order valence-electron chi connectivity index (χ4n) is 4.64. The van der Waals surface area contributed by atoms with Gasteiger partial charge >= 0.3 is 0 Å². The third-order valence-corrected chi connectivity index (χ3v) is 7.09. The van der Waals surface area contributed by atoms with E-state index >= 15 is 0 Å². The molecule has 0 saturated heterocycles. The summed E-state index contributed by atoms with van der Waals surface area (Å²) in [5.74, 6) is 0.175. The Labute approximate surface area is 169 Å². The van der Waals surface area contributed by atoms with Crippen LogP contribution in [0.5, 0.6) is 0 Å². The Morgan fingerprint density at radius 2 is 2.07 bits per heavy atom. The van der Waals surface area contributed by atoms with Crippen molar-refractivity contribution in [3.63, 3.8) is 0 Å². The monoisotopic (exact) mass is 410 g/mol. The molecule has 1 aliphatic rings. The number of rotatable bonds is 9. The van der Waals surface area contributed by atoms with Crippen LogP contribution in [-0.4, -0.2) is 58.0 Å². The second-order valence-corrected chi connectivity index (χ2v) is 10.3. The number of nitrogens with zero attached hydrogens (tertiary/aromatic N) is 1. The van der Waals surface area contributed by atoms with Crippen molar-refractivity contribution in [2.45, 2.75) is 38.7 Å². The average molecular weight is 411 g/mol. The van der Waals surface area contributed by atoms with Crippen molar-refractivity contribution in [1.82, 2.24) is 4.90 Å². The van der Waals surface area contributed by atoms with E-state index in [1.54, 1.807) is 13.2 Å². The van der Waals surface area contributed by atoms with E-state index in [9.17, 15) is 13.2 Å². The molecule has 0 bridgehead atoms. The molecule has 1 saturated carbocycles. The number of hydrogen-bond acceptors (Lipinski definition) is 5. The Morgan fingerprint density at radius 3 is 2.64 bits per heavy atom. The van der Waals surface area contributed by atoms with Gasteiger partial charge in [-0.05, 0) is 43.0 Å². The van der Waals surface area contributed by atoms with Crippen LogP contribution in [0.3, 0.4) is 0 Å². The minimum atomic E-state index is -3.01. The van der Waals surface area contributed by atoms with Crippen molar-refractivity contribution in [2.24, 2.45) is 17.6 Å². The Kier molecular flexibility index (Phi) is 7.65. The Hall–Kier alpha value is -1.44. The maximum Gasteiger partial charge on any atom is 0.248 e. The van der Waals surface area contributed by atoms with Gasteiger partial charge in [0.25, 0.3) is 0 Å². The first kappa shape index (κ1) is 22.8. The van der Waals surface area contributed by atoms with E-state index in [4.69, 9.17) is 10.5 Å². The smallest absolute Gasteiger partial charge is 0.248 e. The molecule has 0 heterocycles. The number of carbonyl (C=O) groups excluding carboxylic acids is 1. The fraction of sp³-hybridized carbons (Fsp3) is 0.667. The highest BCUT2D eigenvalue weighted by Gasteiger charge is 2.48. The van der Waals surface area contributed by atoms with Crippen LogP contribution < -0.4 is 5.73 Å². The average Bonchev–Trinajstić information content (AvgIpc) is 2.65. The fourth-order valence-corrected chi connectivity index (χ4v) is 5.22. The lowest BCUT2D eigenvalue weighted by molar-refractivity contribution is -0.132. The van der Waals surface area contributed by atoms with E-state index in [1.165, 1.54) is 6.26 Å². The van der Waals surface area contributed by atoms with Crippen molar-refractivity contribution >= 4 is 15.7 Å². The number of ether oxygens (including phenoxy) is 1. The molecule has 158 valence electrons. The Balaban J connectivity index is 2.37. The Morgan fingerprint density at radius 1 is 1.36 bits per heavy atom. The number of carbonyl (C=O) groups is 1. The van der Waals surface area contributed by atoms with Gasteiger partial charge in [0.2, 0.25) is 5.91 Å². The number of benzene rings is 1. The van der Waals surface area contributed by atoms with Crippen LogP contribution in [0, 0.1) is 11.8 Å². The quantitative estimate of drug-likeness (QED) is 0.675. The summed E-state index contributed by atoms with van der Waals surface area (Å²) in [6.07, 6.45) is 4.42. The molecular formula is C21H34N2O4S. The number of hydrogen-bond donors (Lipinski definition) is 1. The Bertz CT molecular complexity index is 780. The van der Waals surface area contributed by atoms with Crippen LogP contribution >= 0.6 is 0 Å². The van der Waals surface area contributed by atoms with Crippen LogP contribution in [0.1, 0.15) is 49.0 Å². The van der Waals surface area contributed by atoms with Crippen molar-refractivity contribution in [1.29, 1.82) is 0 Å². The van der Waals surface area contributed by atoms with Crippen LogP contribution in [0.4, 0.5) is 0 Å². The number of methoxy groups -OCH3 is 1. The van der Waals surface area contributed by atoms with Crippen molar-refractivity contribution in [3.05, 3.63) is 35.4 Å². The minimum absolute atomic E-state index is 0.153. The van der Waals surface area contributed by atoms with Gasteiger partial charge in [0.05, 0.1) is 11.4 Å². The molecule has 1 aromatic carbocycles. The highest BCUT2D eigenvalue weighted by Crippen LogP contribution is 2.48. The van der Waals surface area contributed by atoms with Crippen molar-refractivity contribution < 1.29 is 17.9 Å². The summed E-state index contributed by atoms with van der Waals surface area (Å²) in [5, 5.41) is 0. The molecule has 3 atom stereocenters. The van der Waals surface area contributed by atoms with Gasteiger partial charge in [0, 0.05) is 37.9 Å². The second kappa shape index (κ2) is 9.37. The maximum atomic E-state index is 11.7. The highest BCUT2D eigenvalue weighted by molar-refractivity contribution is 7.90. The second-order valence-electron chi connectivity index (χ2n) is 7.99. The molecule has 1 aliphatic carbocycles. The molecule has 0 radical (unpaired) electrons. The van der Waals surface area contributed by atoms with E-state index in [0.717, 1.165) is 37.9 Å². The molecule has 0 spiro atoms. The number of sulfone groups is 1. The summed E-state index contributed by atoms with van der Waals surface area (Å²) in [6.45, 7) is 6.30. The van der Waals surface area contributed by atoms with Gasteiger partial charge in [0.1, 0.15) is 9.84 Å². The summed E-state index contributed by atoms with van der Waals surface area (Å²) in [5.41, 5.74) is 6.43. The number of nitrogens with two attached hydrogens (primary N) is 1. The molecule has 2 rings (SSSR count). The summed E-state index contributed by atoms with van der Waals surface area (Å²) >= 11 is 0. The molecule has 2 N–H and O–H groups in total. The first-order chi connectivity index (χ1) is 13.1. The lowest BCUT2D eigenvalue weighted by Gasteiger charge is -2.49. The van der Waals surface area contributed by atoms with E-state index in [0.29, 0.717) is 12.1 Å². The van der Waals surface area contributed by atoms with Crippen molar-refractivity contribution in [3.8, 4) is 0 Å². The molecule has 6 nitrogen and oxygen atoms in total.